The number of phenolic OH excluding ortho intramolecular Hbond substituents is 1. The van der Waals surface area contributed by atoms with Gasteiger partial charge in [-0.15, -0.1) is 0 Å². The van der Waals surface area contributed by atoms with Gasteiger partial charge in [0.1, 0.15) is 4.88 Å². The lowest BCUT2D eigenvalue weighted by molar-refractivity contribution is 0.0958. The summed E-state index contributed by atoms with van der Waals surface area (Å²) in [7, 11) is 1.47. The number of nitrogen functional groups attached to an aromatic ring is 1. The highest BCUT2D eigenvalue weighted by molar-refractivity contribution is 7.17. The third-order valence-electron chi connectivity index (χ3n) is 2.84. The number of amides is 1. The number of aromatic hydroxyl groups is 1. The Morgan fingerprint density at radius 3 is 3.00 bits per heavy atom. The van der Waals surface area contributed by atoms with Crippen LogP contribution in [-0.2, 0) is 6.42 Å². The van der Waals surface area contributed by atoms with Gasteiger partial charge in [0.25, 0.3) is 5.91 Å². The summed E-state index contributed by atoms with van der Waals surface area (Å²) < 4.78 is 4.95. The molecule has 1 aromatic carbocycles. The number of nitrogens with one attached hydrogen (secondary N) is 1. The molecular formula is C14H16N4O3S. The largest absolute Gasteiger partial charge is 0.504 e. The van der Waals surface area contributed by atoms with Gasteiger partial charge in [-0.25, -0.2) is 10.4 Å². The van der Waals surface area contributed by atoms with E-state index in [0.717, 1.165) is 11.3 Å². The van der Waals surface area contributed by atoms with Crippen molar-refractivity contribution in [3.63, 3.8) is 0 Å². The second-order valence-electron chi connectivity index (χ2n) is 4.31. The predicted octanol–water partition coefficient (Wildman–Crippen LogP) is 1.77. The number of benzene rings is 1. The lowest BCUT2D eigenvalue weighted by atomic mass is 10.2. The van der Waals surface area contributed by atoms with Crippen molar-refractivity contribution in [3.05, 3.63) is 34.3 Å². The molecule has 0 aliphatic heterocycles. The maximum atomic E-state index is 12.0. The molecule has 0 radical (unpaired) electrons. The SMILES string of the molecule is CCc1nc(N)sc1C(=O)NN=Cc1ccc(OC)c(O)c1. The number of aryl methyl sites for hydroxylation is 1. The molecule has 1 heterocycles. The number of hydrogen-bond donors (Lipinski definition) is 3. The number of phenols is 1. The van der Waals surface area contributed by atoms with E-state index in [1.165, 1.54) is 19.4 Å². The van der Waals surface area contributed by atoms with Crippen LogP contribution in [0.2, 0.25) is 0 Å². The Bertz CT molecular complexity index is 712. The van der Waals surface area contributed by atoms with Gasteiger partial charge in [-0.1, -0.05) is 18.3 Å². The van der Waals surface area contributed by atoms with E-state index in [4.69, 9.17) is 10.5 Å². The van der Waals surface area contributed by atoms with Crippen LogP contribution in [-0.4, -0.2) is 29.3 Å². The zero-order chi connectivity index (χ0) is 16.1. The predicted molar refractivity (Wildman–Crippen MR) is 85.6 cm³/mol. The van der Waals surface area contributed by atoms with Gasteiger partial charge in [-0.2, -0.15) is 5.10 Å². The molecule has 0 spiro atoms. The summed E-state index contributed by atoms with van der Waals surface area (Å²) in [5.41, 5.74) is 9.30. The van der Waals surface area contributed by atoms with Crippen molar-refractivity contribution in [3.8, 4) is 11.5 Å². The minimum absolute atomic E-state index is 0.00118. The summed E-state index contributed by atoms with van der Waals surface area (Å²) in [6.45, 7) is 1.90. The highest BCUT2D eigenvalue weighted by Crippen LogP contribution is 2.25. The molecule has 22 heavy (non-hydrogen) atoms. The fourth-order valence-corrected chi connectivity index (χ4v) is 2.60. The molecule has 8 heteroatoms. The van der Waals surface area contributed by atoms with Gasteiger partial charge in [-0.05, 0) is 30.2 Å². The number of nitrogens with two attached hydrogens (primary N) is 1. The normalized spacial score (nSPS) is 10.8. The number of aromatic nitrogens is 1. The van der Waals surface area contributed by atoms with E-state index in [-0.39, 0.29) is 11.7 Å². The number of hydrazone groups is 1. The number of methoxy groups -OCH3 is 1. The fourth-order valence-electron chi connectivity index (χ4n) is 1.79. The molecule has 0 aliphatic rings. The van der Waals surface area contributed by atoms with Crippen LogP contribution in [0.3, 0.4) is 0 Å². The molecule has 1 aromatic heterocycles. The van der Waals surface area contributed by atoms with Gasteiger partial charge < -0.3 is 15.6 Å². The van der Waals surface area contributed by atoms with Crippen LogP contribution >= 0.6 is 11.3 Å². The summed E-state index contributed by atoms with van der Waals surface area (Å²) in [5.74, 6) is 0.00946. The maximum Gasteiger partial charge on any atom is 0.283 e. The quantitative estimate of drug-likeness (QED) is 0.574. The maximum absolute atomic E-state index is 12.0. The first-order chi connectivity index (χ1) is 10.5. The Labute approximate surface area is 131 Å². The molecule has 0 aliphatic carbocycles. The molecule has 116 valence electrons. The van der Waals surface area contributed by atoms with Gasteiger partial charge in [-0.3, -0.25) is 4.79 Å². The molecule has 0 bridgehead atoms. The summed E-state index contributed by atoms with van der Waals surface area (Å²) in [4.78, 5) is 16.6. The fraction of sp³-hybridized carbons (Fsp3) is 0.214. The minimum Gasteiger partial charge on any atom is -0.504 e. The Balaban J connectivity index is 2.05. The third kappa shape index (κ3) is 3.53. The van der Waals surface area contributed by atoms with E-state index >= 15 is 0 Å². The molecule has 2 aromatic rings. The van der Waals surface area contributed by atoms with Crippen molar-refractivity contribution in [2.75, 3.05) is 12.8 Å². The molecule has 0 saturated carbocycles. The van der Waals surface area contributed by atoms with Gasteiger partial charge in [0.2, 0.25) is 0 Å². The van der Waals surface area contributed by atoms with Crippen molar-refractivity contribution >= 4 is 28.6 Å². The van der Waals surface area contributed by atoms with Crippen LogP contribution in [0, 0.1) is 0 Å². The van der Waals surface area contributed by atoms with E-state index in [9.17, 15) is 9.90 Å². The summed E-state index contributed by atoms with van der Waals surface area (Å²) in [6, 6.07) is 4.80. The second kappa shape index (κ2) is 6.90. The number of thiazole rings is 1. The first kappa shape index (κ1) is 15.8. The monoisotopic (exact) mass is 320 g/mol. The van der Waals surface area contributed by atoms with Crippen molar-refractivity contribution in [2.24, 2.45) is 5.10 Å². The zero-order valence-electron chi connectivity index (χ0n) is 12.2. The number of rotatable bonds is 5. The van der Waals surface area contributed by atoms with Gasteiger partial charge in [0, 0.05) is 0 Å². The molecule has 0 saturated heterocycles. The highest BCUT2D eigenvalue weighted by atomic mass is 32.1. The zero-order valence-corrected chi connectivity index (χ0v) is 13.0. The van der Waals surface area contributed by atoms with E-state index in [1.807, 2.05) is 6.92 Å². The van der Waals surface area contributed by atoms with Crippen molar-refractivity contribution in [1.82, 2.24) is 10.4 Å². The van der Waals surface area contributed by atoms with Crippen molar-refractivity contribution < 1.29 is 14.6 Å². The average Bonchev–Trinajstić information content (AvgIpc) is 2.88. The summed E-state index contributed by atoms with van der Waals surface area (Å²) in [5, 5.41) is 13.9. The molecular weight excluding hydrogens is 304 g/mol. The lowest BCUT2D eigenvalue weighted by Gasteiger charge is -2.03. The Morgan fingerprint density at radius 1 is 1.59 bits per heavy atom. The average molecular weight is 320 g/mol. The summed E-state index contributed by atoms with van der Waals surface area (Å²) >= 11 is 1.12. The molecule has 2 rings (SSSR count). The Kier molecular flexibility index (Phi) is 4.95. The van der Waals surface area contributed by atoms with Crippen molar-refractivity contribution in [1.29, 1.82) is 0 Å². The third-order valence-corrected chi connectivity index (χ3v) is 3.76. The minimum atomic E-state index is -0.361. The molecule has 4 N–H and O–H groups in total. The number of ether oxygens (including phenoxy) is 1. The molecule has 0 unspecified atom stereocenters. The van der Waals surface area contributed by atoms with Gasteiger partial charge in [0.15, 0.2) is 16.6 Å². The van der Waals surface area contributed by atoms with Gasteiger partial charge in [0.05, 0.1) is 19.0 Å². The van der Waals surface area contributed by atoms with Crippen LogP contribution in [0.5, 0.6) is 11.5 Å². The second-order valence-corrected chi connectivity index (χ2v) is 5.34. The number of carbonyl (C=O) groups excluding carboxylic acids is 1. The highest BCUT2D eigenvalue weighted by Gasteiger charge is 2.15. The van der Waals surface area contributed by atoms with Crippen molar-refractivity contribution in [2.45, 2.75) is 13.3 Å². The molecule has 0 fully saturated rings. The standard InChI is InChI=1S/C14H16N4O3S/c1-3-9-12(22-14(15)17-9)13(20)18-16-7-8-4-5-11(21-2)10(19)6-8/h4-7,19H,3H2,1-2H3,(H2,15,17)(H,18,20). The van der Waals surface area contributed by atoms with Crippen LogP contribution in [0.4, 0.5) is 5.13 Å². The van der Waals surface area contributed by atoms with E-state index in [1.54, 1.807) is 12.1 Å². The molecule has 1 amide bonds. The Morgan fingerprint density at radius 2 is 2.36 bits per heavy atom. The first-order valence-corrected chi connectivity index (χ1v) is 7.32. The number of hydrogen-bond acceptors (Lipinski definition) is 7. The van der Waals surface area contributed by atoms with Gasteiger partial charge >= 0.3 is 0 Å². The van der Waals surface area contributed by atoms with E-state index < -0.39 is 0 Å². The molecule has 7 nitrogen and oxygen atoms in total. The molecule has 0 atom stereocenters. The lowest BCUT2D eigenvalue weighted by Crippen LogP contribution is -2.17. The number of carbonyl (C=O) groups is 1. The number of anilines is 1. The van der Waals surface area contributed by atoms with Crippen LogP contribution in [0.25, 0.3) is 0 Å². The van der Waals surface area contributed by atoms with Crippen LogP contribution < -0.4 is 15.9 Å². The van der Waals surface area contributed by atoms with E-state index in [0.29, 0.717) is 33.4 Å². The topological polar surface area (TPSA) is 110 Å². The van der Waals surface area contributed by atoms with Crippen LogP contribution in [0.15, 0.2) is 23.3 Å². The number of nitrogens with zero attached hydrogens (tertiary/aromatic N) is 2. The smallest absolute Gasteiger partial charge is 0.283 e. The van der Waals surface area contributed by atoms with E-state index in [2.05, 4.69) is 15.5 Å². The summed E-state index contributed by atoms with van der Waals surface area (Å²) in [6.07, 6.45) is 2.04. The van der Waals surface area contributed by atoms with Crippen LogP contribution in [0.1, 0.15) is 27.9 Å². The first-order valence-electron chi connectivity index (χ1n) is 6.50. The Hall–Kier alpha value is -2.61.